The SMILES string of the molecule is C[C@H]([NH2+]CC(=O)NN1C(=O)NC2(CCCCC2)C1=O)c1cccc2ccccc12. The van der Waals surface area contributed by atoms with Crippen molar-refractivity contribution in [2.24, 2.45) is 0 Å². The quantitative estimate of drug-likeness (QED) is 0.673. The highest BCUT2D eigenvalue weighted by atomic mass is 16.2. The van der Waals surface area contributed by atoms with E-state index in [-0.39, 0.29) is 24.4 Å². The van der Waals surface area contributed by atoms with E-state index in [1.807, 2.05) is 30.4 Å². The molecular weight excluding hydrogens is 368 g/mol. The van der Waals surface area contributed by atoms with Crippen LogP contribution in [0.1, 0.15) is 50.6 Å². The molecule has 0 radical (unpaired) electrons. The molecule has 4 N–H and O–H groups in total. The molecule has 2 fully saturated rings. The van der Waals surface area contributed by atoms with Gasteiger partial charge in [-0.25, -0.2) is 4.79 Å². The van der Waals surface area contributed by atoms with Crippen molar-refractivity contribution in [3.05, 3.63) is 48.0 Å². The van der Waals surface area contributed by atoms with Gasteiger partial charge in [-0.3, -0.25) is 15.0 Å². The van der Waals surface area contributed by atoms with Crippen LogP contribution in [0.4, 0.5) is 4.79 Å². The zero-order chi connectivity index (χ0) is 20.4. The van der Waals surface area contributed by atoms with Gasteiger partial charge in [-0.05, 0) is 30.5 Å². The van der Waals surface area contributed by atoms with Crippen LogP contribution in [-0.4, -0.2) is 34.9 Å². The number of amides is 4. The van der Waals surface area contributed by atoms with Crippen LogP contribution < -0.4 is 16.1 Å². The average molecular weight is 395 g/mol. The molecule has 1 aliphatic carbocycles. The molecule has 7 heteroatoms. The Kier molecular flexibility index (Phi) is 5.24. The zero-order valence-electron chi connectivity index (χ0n) is 16.6. The molecule has 4 rings (SSSR count). The van der Waals surface area contributed by atoms with Crippen LogP contribution in [0.15, 0.2) is 42.5 Å². The monoisotopic (exact) mass is 395 g/mol. The number of hydrogen-bond donors (Lipinski definition) is 3. The highest BCUT2D eigenvalue weighted by Gasteiger charge is 2.52. The van der Waals surface area contributed by atoms with E-state index < -0.39 is 11.6 Å². The number of quaternary nitrogens is 1. The maximum absolute atomic E-state index is 12.8. The second-order valence-electron chi connectivity index (χ2n) is 8.05. The van der Waals surface area contributed by atoms with E-state index >= 15 is 0 Å². The molecule has 2 aliphatic rings. The van der Waals surface area contributed by atoms with Gasteiger partial charge in [-0.15, -0.1) is 0 Å². The molecule has 1 spiro atoms. The Labute approximate surface area is 169 Å². The van der Waals surface area contributed by atoms with Crippen molar-refractivity contribution in [3.8, 4) is 0 Å². The molecule has 1 saturated carbocycles. The average Bonchev–Trinajstić information content (AvgIpc) is 2.96. The minimum absolute atomic E-state index is 0.0552. The van der Waals surface area contributed by atoms with Crippen LogP contribution in [0.25, 0.3) is 10.8 Å². The number of imide groups is 1. The van der Waals surface area contributed by atoms with Crippen LogP contribution in [0.5, 0.6) is 0 Å². The van der Waals surface area contributed by atoms with Crippen molar-refractivity contribution >= 4 is 28.6 Å². The highest BCUT2D eigenvalue weighted by Crippen LogP contribution is 2.32. The summed E-state index contributed by atoms with van der Waals surface area (Å²) in [5.41, 5.74) is 2.81. The van der Waals surface area contributed by atoms with Gasteiger partial charge < -0.3 is 10.6 Å². The van der Waals surface area contributed by atoms with Gasteiger partial charge in [0, 0.05) is 5.56 Å². The van der Waals surface area contributed by atoms with E-state index in [0.717, 1.165) is 40.6 Å². The van der Waals surface area contributed by atoms with Crippen LogP contribution >= 0.6 is 0 Å². The van der Waals surface area contributed by atoms with Crippen molar-refractivity contribution in [1.82, 2.24) is 15.8 Å². The first kappa shape index (κ1) is 19.4. The lowest BCUT2D eigenvalue weighted by Crippen LogP contribution is -2.87. The van der Waals surface area contributed by atoms with Gasteiger partial charge in [0.25, 0.3) is 11.8 Å². The molecule has 1 aliphatic heterocycles. The minimum atomic E-state index is -0.831. The van der Waals surface area contributed by atoms with Crippen LogP contribution in [0, 0.1) is 0 Å². The maximum Gasteiger partial charge on any atom is 0.344 e. The van der Waals surface area contributed by atoms with Gasteiger partial charge in [-0.2, -0.15) is 5.01 Å². The zero-order valence-corrected chi connectivity index (χ0v) is 16.6. The van der Waals surface area contributed by atoms with Gasteiger partial charge in [0.05, 0.1) is 0 Å². The molecule has 2 aromatic carbocycles. The number of hydrazine groups is 1. The third kappa shape index (κ3) is 3.70. The number of rotatable bonds is 5. The molecule has 1 heterocycles. The van der Waals surface area contributed by atoms with Crippen molar-refractivity contribution in [1.29, 1.82) is 0 Å². The Balaban J connectivity index is 1.37. The van der Waals surface area contributed by atoms with E-state index in [1.54, 1.807) is 0 Å². The summed E-state index contributed by atoms with van der Waals surface area (Å²) in [5.74, 6) is -0.703. The third-order valence-electron chi connectivity index (χ3n) is 6.08. The van der Waals surface area contributed by atoms with Crippen molar-refractivity contribution in [2.75, 3.05) is 6.54 Å². The Bertz CT molecular complexity index is 947. The lowest BCUT2D eigenvalue weighted by atomic mass is 9.82. The summed E-state index contributed by atoms with van der Waals surface area (Å²) < 4.78 is 0. The van der Waals surface area contributed by atoms with E-state index in [4.69, 9.17) is 0 Å². The normalized spacial score (nSPS) is 19.4. The fourth-order valence-electron chi connectivity index (χ4n) is 4.44. The number of urea groups is 1. The van der Waals surface area contributed by atoms with E-state index in [9.17, 15) is 14.4 Å². The lowest BCUT2D eigenvalue weighted by molar-refractivity contribution is -0.682. The third-order valence-corrected chi connectivity index (χ3v) is 6.08. The van der Waals surface area contributed by atoms with Crippen LogP contribution in [-0.2, 0) is 9.59 Å². The summed E-state index contributed by atoms with van der Waals surface area (Å²) in [6.07, 6.45) is 4.15. The fraction of sp³-hybridized carbons (Fsp3) is 0.409. The van der Waals surface area contributed by atoms with E-state index in [0.29, 0.717) is 12.8 Å². The van der Waals surface area contributed by atoms with Crippen LogP contribution in [0.3, 0.4) is 0 Å². The Hall–Kier alpha value is -2.93. The summed E-state index contributed by atoms with van der Waals surface area (Å²) in [4.78, 5) is 37.5. The predicted octanol–water partition coefficient (Wildman–Crippen LogP) is 1.75. The van der Waals surface area contributed by atoms with Gasteiger partial charge >= 0.3 is 6.03 Å². The van der Waals surface area contributed by atoms with E-state index in [2.05, 4.69) is 35.0 Å². The second-order valence-corrected chi connectivity index (χ2v) is 8.05. The summed E-state index contributed by atoms with van der Waals surface area (Å²) >= 11 is 0. The standard InChI is InChI=1S/C22H26N4O3/c1-15(17-11-7-9-16-8-3-4-10-18(16)17)23-14-19(27)25-26-20(28)22(24-21(26)29)12-5-2-6-13-22/h3-4,7-11,15,23H,2,5-6,12-14H2,1H3,(H,24,29)(H,25,27)/p+1/t15-/m0/s1. The first-order chi connectivity index (χ1) is 14.0. The molecule has 1 saturated heterocycles. The number of hydrogen-bond acceptors (Lipinski definition) is 3. The predicted molar refractivity (Wildman–Crippen MR) is 108 cm³/mol. The first-order valence-electron chi connectivity index (χ1n) is 10.3. The minimum Gasteiger partial charge on any atom is -0.332 e. The molecule has 0 unspecified atom stereocenters. The number of fused-ring (bicyclic) bond motifs is 1. The Morgan fingerprint density at radius 2 is 1.86 bits per heavy atom. The molecule has 0 bridgehead atoms. The molecule has 152 valence electrons. The maximum atomic E-state index is 12.8. The number of nitrogens with two attached hydrogens (primary N) is 1. The van der Waals surface area contributed by atoms with Gasteiger partial charge in [0.2, 0.25) is 0 Å². The summed E-state index contributed by atoms with van der Waals surface area (Å²) in [5, 5.41) is 7.89. The topological polar surface area (TPSA) is 95.1 Å². The first-order valence-corrected chi connectivity index (χ1v) is 10.3. The Morgan fingerprint density at radius 1 is 1.14 bits per heavy atom. The van der Waals surface area contributed by atoms with Crippen molar-refractivity contribution in [2.45, 2.75) is 50.6 Å². The molecule has 0 aromatic heterocycles. The molecule has 2 aromatic rings. The molecule has 4 amide bonds. The molecule has 7 nitrogen and oxygen atoms in total. The highest BCUT2D eigenvalue weighted by molar-refractivity contribution is 6.08. The molecule has 29 heavy (non-hydrogen) atoms. The van der Waals surface area contributed by atoms with Gasteiger partial charge in [-0.1, -0.05) is 61.7 Å². The number of benzene rings is 2. The number of nitrogens with zero attached hydrogens (tertiary/aromatic N) is 1. The smallest absolute Gasteiger partial charge is 0.332 e. The van der Waals surface area contributed by atoms with Crippen LogP contribution in [0.2, 0.25) is 0 Å². The van der Waals surface area contributed by atoms with E-state index in [1.165, 1.54) is 0 Å². The lowest BCUT2D eigenvalue weighted by Gasteiger charge is -2.30. The van der Waals surface area contributed by atoms with Gasteiger partial charge in [0.1, 0.15) is 11.6 Å². The number of nitrogens with one attached hydrogen (secondary N) is 2. The summed E-state index contributed by atoms with van der Waals surface area (Å²) in [6, 6.07) is 13.8. The van der Waals surface area contributed by atoms with Gasteiger partial charge in [0.15, 0.2) is 6.54 Å². The molecule has 1 atom stereocenters. The number of carbonyl (C=O) groups excluding carboxylic acids is 3. The summed E-state index contributed by atoms with van der Waals surface area (Å²) in [6.45, 7) is 2.16. The fourth-order valence-corrected chi connectivity index (χ4v) is 4.44. The Morgan fingerprint density at radius 3 is 2.66 bits per heavy atom. The molecular formula is C22H27N4O3+. The summed E-state index contributed by atoms with van der Waals surface area (Å²) in [7, 11) is 0. The van der Waals surface area contributed by atoms with Crippen molar-refractivity contribution < 1.29 is 19.7 Å². The number of carbonyl (C=O) groups is 3. The second kappa shape index (κ2) is 7.83. The van der Waals surface area contributed by atoms with Crippen molar-refractivity contribution in [3.63, 3.8) is 0 Å². The largest absolute Gasteiger partial charge is 0.344 e.